The Balaban J connectivity index is 1.88. The summed E-state index contributed by atoms with van der Waals surface area (Å²) in [6.45, 7) is 4.22. The summed E-state index contributed by atoms with van der Waals surface area (Å²) < 4.78 is 7.98. The predicted molar refractivity (Wildman–Crippen MR) is 77.2 cm³/mol. The lowest BCUT2D eigenvalue weighted by atomic mass is 9.99. The molecule has 2 atom stereocenters. The molecule has 1 aliphatic heterocycles. The number of nitrogens with one attached hydrogen (secondary N) is 1. The maximum atomic E-state index is 5.87. The molecule has 1 aromatic heterocycles. The van der Waals surface area contributed by atoms with Crippen molar-refractivity contribution < 1.29 is 4.74 Å². The molecule has 1 fully saturated rings. The number of aryl methyl sites for hydroxylation is 1. The lowest BCUT2D eigenvalue weighted by molar-refractivity contribution is 0.00512. The van der Waals surface area contributed by atoms with E-state index in [1.165, 1.54) is 25.7 Å². The van der Waals surface area contributed by atoms with Gasteiger partial charge in [-0.25, -0.2) is 4.98 Å². The number of hydrogen-bond donors (Lipinski definition) is 1. The van der Waals surface area contributed by atoms with E-state index in [1.54, 1.807) is 0 Å². The number of ether oxygens (including phenoxy) is 1. The van der Waals surface area contributed by atoms with Gasteiger partial charge in [0.25, 0.3) is 0 Å². The highest BCUT2D eigenvalue weighted by molar-refractivity contribution is 4.95. The van der Waals surface area contributed by atoms with E-state index in [1.807, 2.05) is 12.4 Å². The van der Waals surface area contributed by atoms with E-state index < -0.39 is 0 Å². The van der Waals surface area contributed by atoms with E-state index in [0.29, 0.717) is 12.1 Å². The minimum atomic E-state index is 0.434. The number of nitrogens with zero attached hydrogens (tertiary/aromatic N) is 2. The first-order valence-electron chi connectivity index (χ1n) is 7.60. The van der Waals surface area contributed by atoms with Crippen LogP contribution in [0.15, 0.2) is 12.4 Å². The van der Waals surface area contributed by atoms with E-state index in [4.69, 9.17) is 4.74 Å². The van der Waals surface area contributed by atoms with Crippen LogP contribution in [-0.2, 0) is 18.2 Å². The number of hydrogen-bond acceptors (Lipinski definition) is 3. The van der Waals surface area contributed by atoms with E-state index in [0.717, 1.165) is 31.8 Å². The average Bonchev–Trinajstić information content (AvgIpc) is 2.83. The smallest absolute Gasteiger partial charge is 0.109 e. The Kier molecular flexibility index (Phi) is 5.86. The van der Waals surface area contributed by atoms with Gasteiger partial charge in [-0.05, 0) is 38.6 Å². The largest absolute Gasteiger partial charge is 0.378 e. The first-order valence-corrected chi connectivity index (χ1v) is 7.60. The SMILES string of the molecule is CCCNC(Cc1nccn1C)CC1CCCCO1. The van der Waals surface area contributed by atoms with Crippen LogP contribution in [0, 0.1) is 0 Å². The Morgan fingerprint density at radius 2 is 2.42 bits per heavy atom. The zero-order valence-corrected chi connectivity index (χ0v) is 12.3. The highest BCUT2D eigenvalue weighted by atomic mass is 16.5. The fourth-order valence-electron chi connectivity index (χ4n) is 2.71. The normalized spacial score (nSPS) is 21.5. The molecule has 0 radical (unpaired) electrons. The minimum Gasteiger partial charge on any atom is -0.378 e. The molecular weight excluding hydrogens is 238 g/mol. The quantitative estimate of drug-likeness (QED) is 0.822. The van der Waals surface area contributed by atoms with Crippen molar-refractivity contribution in [2.75, 3.05) is 13.2 Å². The van der Waals surface area contributed by atoms with Crippen molar-refractivity contribution in [1.82, 2.24) is 14.9 Å². The fraction of sp³-hybridized carbons (Fsp3) is 0.800. The third-order valence-corrected chi connectivity index (χ3v) is 3.85. The summed E-state index contributed by atoms with van der Waals surface area (Å²) in [6.07, 6.45) is 11.3. The average molecular weight is 265 g/mol. The summed E-state index contributed by atoms with van der Waals surface area (Å²) in [6, 6.07) is 0.476. The Morgan fingerprint density at radius 3 is 3.05 bits per heavy atom. The standard InChI is InChI=1S/C15H27N3O/c1-3-7-16-13(11-14-6-4-5-10-19-14)12-15-17-8-9-18(15)2/h8-9,13-14,16H,3-7,10-12H2,1-2H3. The van der Waals surface area contributed by atoms with Crippen LogP contribution in [0.3, 0.4) is 0 Å². The van der Waals surface area contributed by atoms with Gasteiger partial charge in [0, 0.05) is 38.5 Å². The van der Waals surface area contributed by atoms with Crippen molar-refractivity contribution in [2.24, 2.45) is 7.05 Å². The van der Waals surface area contributed by atoms with Gasteiger partial charge in [0.1, 0.15) is 5.82 Å². The molecule has 0 saturated carbocycles. The molecule has 0 spiro atoms. The third kappa shape index (κ3) is 4.62. The molecule has 1 saturated heterocycles. The topological polar surface area (TPSA) is 39.1 Å². The molecule has 4 nitrogen and oxygen atoms in total. The van der Waals surface area contributed by atoms with Crippen molar-refractivity contribution >= 4 is 0 Å². The molecule has 0 amide bonds. The third-order valence-electron chi connectivity index (χ3n) is 3.85. The lowest BCUT2D eigenvalue weighted by Crippen LogP contribution is -2.37. The Hall–Kier alpha value is -0.870. The summed E-state index contributed by atoms with van der Waals surface area (Å²) in [5, 5.41) is 3.65. The monoisotopic (exact) mass is 265 g/mol. The van der Waals surface area contributed by atoms with Crippen molar-refractivity contribution in [3.63, 3.8) is 0 Å². The molecule has 0 bridgehead atoms. The van der Waals surface area contributed by atoms with Crippen LogP contribution in [0.4, 0.5) is 0 Å². The van der Waals surface area contributed by atoms with Crippen molar-refractivity contribution in [2.45, 2.75) is 57.6 Å². The van der Waals surface area contributed by atoms with E-state index in [-0.39, 0.29) is 0 Å². The second-order valence-corrected chi connectivity index (χ2v) is 5.53. The molecule has 2 rings (SSSR count). The molecule has 19 heavy (non-hydrogen) atoms. The fourth-order valence-corrected chi connectivity index (χ4v) is 2.71. The van der Waals surface area contributed by atoms with E-state index in [2.05, 4.69) is 28.8 Å². The molecule has 1 aliphatic rings. The minimum absolute atomic E-state index is 0.434. The zero-order chi connectivity index (χ0) is 13.5. The highest BCUT2D eigenvalue weighted by Crippen LogP contribution is 2.18. The van der Waals surface area contributed by atoms with Gasteiger partial charge in [0.05, 0.1) is 6.10 Å². The van der Waals surface area contributed by atoms with Crippen molar-refractivity contribution in [3.8, 4) is 0 Å². The van der Waals surface area contributed by atoms with E-state index >= 15 is 0 Å². The van der Waals surface area contributed by atoms with Crippen LogP contribution in [0.2, 0.25) is 0 Å². The van der Waals surface area contributed by atoms with Gasteiger partial charge in [-0.3, -0.25) is 0 Å². The van der Waals surface area contributed by atoms with Gasteiger partial charge in [-0.15, -0.1) is 0 Å². The van der Waals surface area contributed by atoms with Gasteiger partial charge in [-0.2, -0.15) is 0 Å². The Labute approximate surface area is 116 Å². The van der Waals surface area contributed by atoms with Gasteiger partial charge in [0.15, 0.2) is 0 Å². The molecule has 4 heteroatoms. The lowest BCUT2D eigenvalue weighted by Gasteiger charge is -2.27. The van der Waals surface area contributed by atoms with Crippen LogP contribution in [0.25, 0.3) is 0 Å². The van der Waals surface area contributed by atoms with Gasteiger partial charge >= 0.3 is 0 Å². The van der Waals surface area contributed by atoms with E-state index in [9.17, 15) is 0 Å². The first kappa shape index (κ1) is 14.5. The summed E-state index contributed by atoms with van der Waals surface area (Å²) >= 11 is 0. The molecule has 108 valence electrons. The van der Waals surface area contributed by atoms with Gasteiger partial charge < -0.3 is 14.6 Å². The zero-order valence-electron chi connectivity index (χ0n) is 12.3. The highest BCUT2D eigenvalue weighted by Gasteiger charge is 2.20. The summed E-state index contributed by atoms with van der Waals surface area (Å²) in [4.78, 5) is 4.44. The second kappa shape index (κ2) is 7.65. The first-order chi connectivity index (χ1) is 9.29. The van der Waals surface area contributed by atoms with Gasteiger partial charge in [0.2, 0.25) is 0 Å². The maximum absolute atomic E-state index is 5.87. The van der Waals surface area contributed by atoms with Crippen LogP contribution in [-0.4, -0.2) is 34.8 Å². The van der Waals surface area contributed by atoms with Crippen LogP contribution in [0.5, 0.6) is 0 Å². The molecule has 2 heterocycles. The summed E-state index contributed by atoms with van der Waals surface area (Å²) in [5.74, 6) is 1.16. The van der Waals surface area contributed by atoms with Crippen LogP contribution in [0.1, 0.15) is 44.9 Å². The summed E-state index contributed by atoms with van der Waals surface area (Å²) in [7, 11) is 2.07. The molecule has 2 unspecified atom stereocenters. The maximum Gasteiger partial charge on any atom is 0.109 e. The number of imidazole rings is 1. The Morgan fingerprint density at radius 1 is 1.53 bits per heavy atom. The number of rotatable bonds is 7. The molecule has 0 aromatic carbocycles. The molecule has 1 N–H and O–H groups in total. The summed E-state index contributed by atoms with van der Waals surface area (Å²) in [5.41, 5.74) is 0. The van der Waals surface area contributed by atoms with Gasteiger partial charge in [-0.1, -0.05) is 6.92 Å². The predicted octanol–water partition coefficient (Wildman–Crippen LogP) is 2.29. The van der Waals surface area contributed by atoms with Crippen molar-refractivity contribution in [1.29, 1.82) is 0 Å². The molecular formula is C15H27N3O. The second-order valence-electron chi connectivity index (χ2n) is 5.53. The molecule has 0 aliphatic carbocycles. The molecule has 1 aromatic rings. The number of aromatic nitrogens is 2. The van der Waals surface area contributed by atoms with Crippen LogP contribution >= 0.6 is 0 Å². The van der Waals surface area contributed by atoms with Crippen LogP contribution < -0.4 is 5.32 Å². The Bertz CT molecular complexity index is 358. The van der Waals surface area contributed by atoms with Crippen molar-refractivity contribution in [3.05, 3.63) is 18.2 Å².